The van der Waals surface area contributed by atoms with E-state index in [1.807, 2.05) is 0 Å². The van der Waals surface area contributed by atoms with Crippen LogP contribution in [0.4, 0.5) is 4.39 Å². The molecule has 0 aliphatic rings. The molecule has 0 aliphatic heterocycles. The van der Waals surface area contributed by atoms with Crippen molar-refractivity contribution < 1.29 is 13.9 Å². The number of hydrogen-bond donors (Lipinski definition) is 1. The average Bonchev–Trinajstić information content (AvgIpc) is 2.36. The highest BCUT2D eigenvalue weighted by molar-refractivity contribution is 5.12. The van der Waals surface area contributed by atoms with Gasteiger partial charge in [-0.3, -0.25) is 0 Å². The molecule has 0 saturated carbocycles. The lowest BCUT2D eigenvalue weighted by Gasteiger charge is -2.13. The molecule has 0 bridgehead atoms. The summed E-state index contributed by atoms with van der Waals surface area (Å²) in [4.78, 5) is 0. The van der Waals surface area contributed by atoms with Crippen molar-refractivity contribution in [2.24, 2.45) is 0 Å². The maximum absolute atomic E-state index is 13.2. The Labute approximate surface area is 64.6 Å². The van der Waals surface area contributed by atoms with E-state index in [1.54, 1.807) is 13.0 Å². The zero-order chi connectivity index (χ0) is 8.48. The Morgan fingerprint density at radius 3 is 2.64 bits per heavy atom. The molecule has 1 rings (SSSR count). The van der Waals surface area contributed by atoms with Gasteiger partial charge in [0, 0.05) is 0 Å². The second kappa shape index (κ2) is 2.66. The van der Waals surface area contributed by atoms with E-state index in [2.05, 4.69) is 0 Å². The second-order valence-electron chi connectivity index (χ2n) is 2.77. The molecule has 0 saturated heterocycles. The summed E-state index contributed by atoms with van der Waals surface area (Å²) in [5, 5.41) is 8.62. The summed E-state index contributed by atoms with van der Waals surface area (Å²) in [6.45, 7) is 2.46. The smallest absolute Gasteiger partial charge is 0.188 e. The number of furan rings is 1. The van der Waals surface area contributed by atoms with Crippen molar-refractivity contribution in [3.05, 3.63) is 23.7 Å². The summed E-state index contributed by atoms with van der Waals surface area (Å²) in [7, 11) is 0. The van der Waals surface area contributed by atoms with Gasteiger partial charge in [-0.1, -0.05) is 0 Å². The molecule has 1 aromatic heterocycles. The third-order valence-corrected chi connectivity index (χ3v) is 1.55. The fourth-order valence-corrected chi connectivity index (χ4v) is 0.793. The van der Waals surface area contributed by atoms with Crippen LogP contribution in [0.25, 0.3) is 0 Å². The Morgan fingerprint density at radius 2 is 2.27 bits per heavy atom. The number of hydrogen-bond acceptors (Lipinski definition) is 2. The first kappa shape index (κ1) is 8.27. The number of aryl methyl sites for hydroxylation is 1. The van der Waals surface area contributed by atoms with Gasteiger partial charge in [0.1, 0.15) is 11.5 Å². The molecule has 0 fully saturated rings. The predicted octanol–water partition coefficient (Wildman–Crippen LogP) is 1.77. The minimum atomic E-state index is -1.76. The van der Waals surface area contributed by atoms with Crippen molar-refractivity contribution in [2.45, 2.75) is 19.5 Å². The lowest BCUT2D eigenvalue weighted by Crippen LogP contribution is -2.19. The van der Waals surface area contributed by atoms with Crippen LogP contribution in [0.3, 0.4) is 0 Å². The molecule has 11 heavy (non-hydrogen) atoms. The molecular weight excluding hydrogens is 147 g/mol. The van der Waals surface area contributed by atoms with Crippen LogP contribution in [0.1, 0.15) is 18.4 Å². The van der Waals surface area contributed by atoms with Gasteiger partial charge in [0.15, 0.2) is 5.67 Å². The van der Waals surface area contributed by atoms with Crippen LogP contribution in [0.15, 0.2) is 16.5 Å². The fraction of sp³-hybridized carbons (Fsp3) is 0.500. The molecule has 2 nitrogen and oxygen atoms in total. The van der Waals surface area contributed by atoms with Crippen molar-refractivity contribution >= 4 is 0 Å². The Hall–Kier alpha value is -0.830. The molecular formula is C8H11FO2. The van der Waals surface area contributed by atoms with E-state index in [-0.39, 0.29) is 5.76 Å². The van der Waals surface area contributed by atoms with E-state index in [9.17, 15) is 4.39 Å². The van der Waals surface area contributed by atoms with Gasteiger partial charge >= 0.3 is 0 Å². The molecule has 1 heterocycles. The summed E-state index contributed by atoms with van der Waals surface area (Å²) >= 11 is 0. The Bertz CT molecular complexity index is 240. The highest BCUT2D eigenvalue weighted by Crippen LogP contribution is 2.25. The maximum Gasteiger partial charge on any atom is 0.188 e. The van der Waals surface area contributed by atoms with E-state index >= 15 is 0 Å². The van der Waals surface area contributed by atoms with Gasteiger partial charge in [0.2, 0.25) is 0 Å². The third kappa shape index (κ3) is 1.60. The van der Waals surface area contributed by atoms with Crippen LogP contribution in [0, 0.1) is 6.92 Å². The summed E-state index contributed by atoms with van der Waals surface area (Å²) in [5.74, 6) is 0.829. The molecule has 62 valence electrons. The van der Waals surface area contributed by atoms with Gasteiger partial charge in [-0.15, -0.1) is 0 Å². The van der Waals surface area contributed by atoms with E-state index in [0.29, 0.717) is 5.76 Å². The fourth-order valence-electron chi connectivity index (χ4n) is 0.793. The number of aliphatic hydroxyl groups excluding tert-OH is 1. The van der Waals surface area contributed by atoms with Crippen LogP contribution in [-0.4, -0.2) is 11.7 Å². The zero-order valence-corrected chi connectivity index (χ0v) is 6.60. The summed E-state index contributed by atoms with van der Waals surface area (Å²) < 4.78 is 18.2. The molecule has 0 radical (unpaired) electrons. The first-order valence-corrected chi connectivity index (χ1v) is 3.43. The number of alkyl halides is 1. The minimum absolute atomic E-state index is 0.178. The van der Waals surface area contributed by atoms with E-state index in [1.165, 1.54) is 13.0 Å². The van der Waals surface area contributed by atoms with Crippen LogP contribution < -0.4 is 0 Å². The molecule has 3 heteroatoms. The molecule has 0 amide bonds. The van der Waals surface area contributed by atoms with Crippen LogP contribution >= 0.6 is 0 Å². The van der Waals surface area contributed by atoms with Gasteiger partial charge in [-0.25, -0.2) is 4.39 Å². The van der Waals surface area contributed by atoms with Gasteiger partial charge in [-0.2, -0.15) is 0 Å². The highest BCUT2D eigenvalue weighted by Gasteiger charge is 2.28. The first-order chi connectivity index (χ1) is 5.06. The predicted molar refractivity (Wildman–Crippen MR) is 39.0 cm³/mol. The SMILES string of the molecule is Cc1ccc(C(C)(F)CO)o1. The van der Waals surface area contributed by atoms with E-state index in [0.717, 1.165) is 0 Å². The van der Waals surface area contributed by atoms with Crippen molar-refractivity contribution in [1.82, 2.24) is 0 Å². The molecule has 1 atom stereocenters. The van der Waals surface area contributed by atoms with Crippen LogP contribution in [-0.2, 0) is 5.67 Å². The zero-order valence-electron chi connectivity index (χ0n) is 6.60. The Kier molecular flexibility index (Phi) is 2.00. The van der Waals surface area contributed by atoms with Crippen molar-refractivity contribution in [1.29, 1.82) is 0 Å². The lowest BCUT2D eigenvalue weighted by atomic mass is 10.1. The number of aliphatic hydroxyl groups is 1. The molecule has 0 aromatic carbocycles. The first-order valence-electron chi connectivity index (χ1n) is 3.43. The summed E-state index contributed by atoms with van der Waals surface area (Å²) in [5.41, 5.74) is -1.76. The summed E-state index contributed by atoms with van der Waals surface area (Å²) in [6, 6.07) is 3.20. The minimum Gasteiger partial charge on any atom is -0.463 e. The molecule has 0 spiro atoms. The molecule has 1 unspecified atom stereocenters. The second-order valence-corrected chi connectivity index (χ2v) is 2.77. The van der Waals surface area contributed by atoms with Gasteiger partial charge in [0.05, 0.1) is 6.61 Å². The van der Waals surface area contributed by atoms with Gasteiger partial charge < -0.3 is 9.52 Å². The average molecular weight is 158 g/mol. The molecule has 0 aliphatic carbocycles. The standard InChI is InChI=1S/C8H11FO2/c1-6-3-4-7(11-6)8(2,9)5-10/h3-4,10H,5H2,1-2H3. The van der Waals surface area contributed by atoms with Crippen molar-refractivity contribution in [2.75, 3.05) is 6.61 Å². The number of rotatable bonds is 2. The topological polar surface area (TPSA) is 33.4 Å². The Balaban J connectivity index is 2.92. The van der Waals surface area contributed by atoms with Crippen molar-refractivity contribution in [3.8, 4) is 0 Å². The van der Waals surface area contributed by atoms with E-state index in [4.69, 9.17) is 9.52 Å². The lowest BCUT2D eigenvalue weighted by molar-refractivity contribution is 0.0647. The third-order valence-electron chi connectivity index (χ3n) is 1.55. The highest BCUT2D eigenvalue weighted by atomic mass is 19.1. The molecule has 1 N–H and O–H groups in total. The van der Waals surface area contributed by atoms with Crippen LogP contribution in [0.5, 0.6) is 0 Å². The van der Waals surface area contributed by atoms with Gasteiger partial charge in [0.25, 0.3) is 0 Å². The summed E-state index contributed by atoms with van der Waals surface area (Å²) in [6.07, 6.45) is 0. The van der Waals surface area contributed by atoms with E-state index < -0.39 is 12.3 Å². The normalized spacial score (nSPS) is 16.4. The van der Waals surface area contributed by atoms with Crippen LogP contribution in [0.2, 0.25) is 0 Å². The van der Waals surface area contributed by atoms with Crippen molar-refractivity contribution in [3.63, 3.8) is 0 Å². The maximum atomic E-state index is 13.2. The monoisotopic (exact) mass is 158 g/mol. The Morgan fingerprint density at radius 1 is 1.64 bits per heavy atom. The largest absolute Gasteiger partial charge is 0.463 e. The molecule has 1 aromatic rings. The number of halogens is 1. The van der Waals surface area contributed by atoms with Gasteiger partial charge in [-0.05, 0) is 26.0 Å². The quantitative estimate of drug-likeness (QED) is 0.711.